The molecule has 0 radical (unpaired) electrons. The van der Waals surface area contributed by atoms with Crippen LogP contribution in [0.4, 0.5) is 0 Å². The van der Waals surface area contributed by atoms with Crippen molar-refractivity contribution in [1.29, 1.82) is 5.26 Å². The molecule has 0 spiro atoms. The van der Waals surface area contributed by atoms with Crippen LogP contribution in [0.2, 0.25) is 0 Å². The van der Waals surface area contributed by atoms with Crippen LogP contribution in [0.15, 0.2) is 84.9 Å². The lowest BCUT2D eigenvalue weighted by Crippen LogP contribution is -2.55. The fraction of sp³-hybridized carbons (Fsp3) is 0.370. The zero-order chi connectivity index (χ0) is 43.2. The Labute approximate surface area is 351 Å². The Hall–Kier alpha value is -6.27. The predicted octanol–water partition coefficient (Wildman–Crippen LogP) is 3.75. The number of hydrogen-bond donors (Lipinski definition) is 6. The second kappa shape index (κ2) is 21.7. The number of nitrogens with one attached hydrogen (secondary N) is 3. The smallest absolute Gasteiger partial charge is 0.251 e. The summed E-state index contributed by atoms with van der Waals surface area (Å²) in [6.45, 7) is 4.30. The van der Waals surface area contributed by atoms with Crippen molar-refractivity contribution in [3.8, 4) is 39.8 Å². The van der Waals surface area contributed by atoms with Crippen molar-refractivity contribution in [2.75, 3.05) is 39.9 Å². The Morgan fingerprint density at radius 2 is 1.48 bits per heavy atom. The molecule has 14 heteroatoms. The molecule has 9 N–H and O–H groups in total. The summed E-state index contributed by atoms with van der Waals surface area (Å²) in [6, 6.07) is 24.0. The summed E-state index contributed by atoms with van der Waals surface area (Å²) in [5, 5.41) is 18.0. The van der Waals surface area contributed by atoms with Gasteiger partial charge >= 0.3 is 0 Å². The molecule has 1 aliphatic rings. The van der Waals surface area contributed by atoms with E-state index in [1.807, 2.05) is 24.3 Å². The molecule has 1 aliphatic heterocycles. The van der Waals surface area contributed by atoms with Crippen LogP contribution in [-0.4, -0.2) is 86.5 Å². The number of nitrogens with zero attached hydrogens (tertiary/aromatic N) is 2. The minimum absolute atomic E-state index is 0.0106. The van der Waals surface area contributed by atoms with Crippen molar-refractivity contribution in [3.63, 3.8) is 0 Å². The maximum Gasteiger partial charge on any atom is 0.251 e. The lowest BCUT2D eigenvalue weighted by Gasteiger charge is -2.32. The number of unbranched alkanes of at least 4 members (excludes halogenated alkanes) is 1. The Morgan fingerprint density at radius 3 is 2.08 bits per heavy atom. The van der Waals surface area contributed by atoms with Crippen molar-refractivity contribution in [3.05, 3.63) is 107 Å². The molecule has 4 amide bonds. The molecular formula is C46H56N8O6. The van der Waals surface area contributed by atoms with Crippen LogP contribution in [0.3, 0.4) is 0 Å². The summed E-state index contributed by atoms with van der Waals surface area (Å²) in [6.07, 6.45) is 3.60. The van der Waals surface area contributed by atoms with Gasteiger partial charge in [-0.25, -0.2) is 0 Å². The molecule has 0 saturated heterocycles. The van der Waals surface area contributed by atoms with Crippen LogP contribution in [0.25, 0.3) is 22.3 Å². The first-order chi connectivity index (χ1) is 29.0. The summed E-state index contributed by atoms with van der Waals surface area (Å²) >= 11 is 0. The molecule has 0 unspecified atom stereocenters. The monoisotopic (exact) mass is 816 g/mol. The Bertz CT molecular complexity index is 2150. The number of nitriles is 1. The van der Waals surface area contributed by atoms with E-state index < -0.39 is 47.8 Å². The third kappa shape index (κ3) is 11.3. The van der Waals surface area contributed by atoms with E-state index in [0.717, 1.165) is 36.0 Å². The minimum Gasteiger partial charge on any atom is -0.492 e. The molecule has 0 fully saturated rings. The number of likely N-dealkylation sites (N-methyl/N-ethyl adjacent to an activating group) is 1. The number of ether oxygens (including phenoxy) is 2. The molecule has 60 heavy (non-hydrogen) atoms. The van der Waals surface area contributed by atoms with Gasteiger partial charge in [-0.15, -0.1) is 0 Å². The van der Waals surface area contributed by atoms with Crippen molar-refractivity contribution < 1.29 is 28.7 Å². The van der Waals surface area contributed by atoms with Gasteiger partial charge in [-0.2, -0.15) is 5.26 Å². The number of aryl methyl sites for hydroxylation is 1. The molecule has 5 rings (SSSR count). The number of hydrogen-bond acceptors (Lipinski definition) is 10. The summed E-state index contributed by atoms with van der Waals surface area (Å²) in [5.74, 6) is -1.42. The van der Waals surface area contributed by atoms with Gasteiger partial charge in [0.2, 0.25) is 17.7 Å². The molecular weight excluding hydrogens is 761 g/mol. The minimum atomic E-state index is -1.32. The molecule has 14 nitrogen and oxygen atoms in total. The summed E-state index contributed by atoms with van der Waals surface area (Å²) in [5.41, 5.74) is 23.6. The number of amides is 4. The molecule has 4 aromatic carbocycles. The van der Waals surface area contributed by atoms with Gasteiger partial charge in [-0.1, -0.05) is 61.9 Å². The van der Waals surface area contributed by atoms with Gasteiger partial charge in [0.25, 0.3) is 5.91 Å². The second-order valence-electron chi connectivity index (χ2n) is 14.9. The predicted molar refractivity (Wildman–Crippen MR) is 231 cm³/mol. The van der Waals surface area contributed by atoms with Crippen molar-refractivity contribution >= 4 is 23.6 Å². The van der Waals surface area contributed by atoms with Crippen LogP contribution >= 0.6 is 0 Å². The molecule has 1 heterocycles. The van der Waals surface area contributed by atoms with Crippen LogP contribution < -0.4 is 42.6 Å². The van der Waals surface area contributed by atoms with Gasteiger partial charge in [0.1, 0.15) is 42.8 Å². The largest absolute Gasteiger partial charge is 0.492 e. The Kier molecular flexibility index (Phi) is 16.2. The normalized spacial score (nSPS) is 16.9. The highest BCUT2D eigenvalue weighted by atomic mass is 16.5. The maximum absolute atomic E-state index is 14.4. The highest BCUT2D eigenvalue weighted by Gasteiger charge is 2.35. The van der Waals surface area contributed by atoms with Crippen LogP contribution in [0.5, 0.6) is 11.5 Å². The summed E-state index contributed by atoms with van der Waals surface area (Å²) < 4.78 is 12.2. The number of fused-ring (bicyclic) bond motifs is 5. The molecule has 0 saturated carbocycles. The SMILES string of the molecule is CCCCc1ccc(-c2ccc(C(=O)N[C@@H](CN)C(=O)N(C)[C@@H]3C(=O)N[C@@H](C)C(=O)N[C@H](CC#N)Cc4ccc(OCCN)c(c4)-c4cc3ccc4OCCN)cc2)cc1. The van der Waals surface area contributed by atoms with Crippen LogP contribution in [0.1, 0.15) is 66.2 Å². The molecule has 0 aliphatic carbocycles. The standard InChI is InChI=1S/C46H56N8O6/c1-4-5-6-30-7-10-32(11-8-30)33-12-14-34(15-13-33)44(56)53-39(28-50)46(58)54(3)42-35-16-18-41(60-24-22-49)38(27-35)37-26-31(9-17-40(37)59-23-21-48)25-36(19-20-47)52-43(55)29(2)51-45(42)57/h7-18,26-27,29,36,39,42H,4-6,19,21-25,28,48-50H2,1-3H3,(H,51,57)(H,52,55)(H,53,56)/t29-,36+,39-,42-/m0/s1. The van der Waals surface area contributed by atoms with E-state index in [-0.39, 0.29) is 39.3 Å². The summed E-state index contributed by atoms with van der Waals surface area (Å²) in [7, 11) is 1.44. The third-order valence-corrected chi connectivity index (χ3v) is 10.4. The van der Waals surface area contributed by atoms with Crippen molar-refractivity contribution in [2.24, 2.45) is 17.2 Å². The quantitative estimate of drug-likeness (QED) is 0.0960. The molecule has 316 valence electrons. The van der Waals surface area contributed by atoms with E-state index in [4.69, 9.17) is 26.7 Å². The summed E-state index contributed by atoms with van der Waals surface area (Å²) in [4.78, 5) is 57.0. The van der Waals surface area contributed by atoms with E-state index in [1.54, 1.807) is 36.4 Å². The Balaban J connectivity index is 1.49. The molecule has 4 aromatic rings. The van der Waals surface area contributed by atoms with E-state index in [0.29, 0.717) is 40.2 Å². The van der Waals surface area contributed by atoms with Gasteiger partial charge in [-0.05, 0) is 90.4 Å². The first kappa shape index (κ1) is 44.8. The van der Waals surface area contributed by atoms with Gasteiger partial charge < -0.3 is 47.5 Å². The number of carbonyl (C=O) groups is 4. The average molecular weight is 817 g/mol. The number of benzene rings is 4. The topological polar surface area (TPSA) is 228 Å². The van der Waals surface area contributed by atoms with Crippen molar-refractivity contribution in [2.45, 2.75) is 70.1 Å². The molecule has 4 bridgehead atoms. The van der Waals surface area contributed by atoms with Gasteiger partial charge in [-0.3, -0.25) is 19.2 Å². The van der Waals surface area contributed by atoms with E-state index in [1.165, 1.54) is 24.4 Å². The van der Waals surface area contributed by atoms with E-state index >= 15 is 0 Å². The zero-order valence-electron chi connectivity index (χ0n) is 34.5. The average Bonchev–Trinajstić information content (AvgIpc) is 3.26. The third-order valence-electron chi connectivity index (χ3n) is 10.4. The highest BCUT2D eigenvalue weighted by molar-refractivity contribution is 5.99. The van der Waals surface area contributed by atoms with Gasteiger partial charge in [0, 0.05) is 49.4 Å². The zero-order valence-corrected chi connectivity index (χ0v) is 34.5. The number of carbonyl (C=O) groups excluding carboxylic acids is 4. The van der Waals surface area contributed by atoms with Crippen molar-refractivity contribution in [1.82, 2.24) is 20.9 Å². The van der Waals surface area contributed by atoms with Gasteiger partial charge in [0.05, 0.1) is 12.5 Å². The Morgan fingerprint density at radius 1 is 0.867 bits per heavy atom. The first-order valence-corrected chi connectivity index (χ1v) is 20.4. The van der Waals surface area contributed by atoms with E-state index in [9.17, 15) is 24.4 Å². The lowest BCUT2D eigenvalue weighted by molar-refractivity contribution is -0.141. The van der Waals surface area contributed by atoms with Crippen LogP contribution in [-0.2, 0) is 27.2 Å². The lowest BCUT2D eigenvalue weighted by atomic mass is 9.93. The second-order valence-corrected chi connectivity index (χ2v) is 14.9. The fourth-order valence-corrected chi connectivity index (χ4v) is 7.13. The maximum atomic E-state index is 14.4. The fourth-order valence-electron chi connectivity index (χ4n) is 7.13. The highest BCUT2D eigenvalue weighted by Crippen LogP contribution is 2.40. The molecule has 0 aromatic heterocycles. The molecule has 4 atom stereocenters. The van der Waals surface area contributed by atoms with E-state index in [2.05, 4.69) is 53.2 Å². The van der Waals surface area contributed by atoms with Gasteiger partial charge in [0.15, 0.2) is 0 Å². The number of nitrogens with two attached hydrogens (primary N) is 3. The first-order valence-electron chi connectivity index (χ1n) is 20.4. The number of rotatable bonds is 16. The van der Waals surface area contributed by atoms with Crippen LogP contribution in [0, 0.1) is 11.3 Å².